The molecule has 1 fully saturated rings. The molecule has 178 valence electrons. The fourth-order valence-corrected chi connectivity index (χ4v) is 4.37. The van der Waals surface area contributed by atoms with Crippen LogP contribution in [0.15, 0.2) is 21.9 Å². The fourth-order valence-electron chi connectivity index (χ4n) is 2.83. The number of rotatable bonds is 8. The number of esters is 3. The first-order valence-electron chi connectivity index (χ1n) is 10.5. The van der Waals surface area contributed by atoms with Gasteiger partial charge in [-0.1, -0.05) is 41.5 Å². The van der Waals surface area contributed by atoms with Gasteiger partial charge in [-0.2, -0.15) is 0 Å². The Hall–Kier alpha value is -2.56. The molecule has 0 aromatic carbocycles. The van der Waals surface area contributed by atoms with Crippen molar-refractivity contribution in [2.45, 2.75) is 64.4 Å². The quantitative estimate of drug-likeness (QED) is 0.443. The summed E-state index contributed by atoms with van der Waals surface area (Å²) in [6, 6.07) is 1.17. The number of H-pyrrole nitrogens is 1. The summed E-state index contributed by atoms with van der Waals surface area (Å²) in [4.78, 5) is 63.0. The van der Waals surface area contributed by atoms with Crippen LogP contribution in [0.4, 0.5) is 0 Å². The standard InChI is InChI=1S/C21H30N2O8S/c1-10(2)18(25)29-9-13-15(30-19(26)11(3)4)16(31-20(27)12(5)6)17(32-13)23-8-7-14(24)22-21(23)28/h7-8,10-13,15-17H,9H2,1-6H3,(H,22,24,28). The first kappa shape index (κ1) is 25.7. The van der Waals surface area contributed by atoms with E-state index in [4.69, 9.17) is 14.2 Å². The van der Waals surface area contributed by atoms with Crippen LogP contribution in [0.3, 0.4) is 0 Å². The molecule has 0 spiro atoms. The van der Waals surface area contributed by atoms with Crippen molar-refractivity contribution < 1.29 is 28.6 Å². The molecule has 4 atom stereocenters. The molecule has 1 aromatic heterocycles. The van der Waals surface area contributed by atoms with E-state index in [9.17, 15) is 24.0 Å². The Balaban J connectivity index is 2.46. The number of ether oxygens (including phenoxy) is 3. The monoisotopic (exact) mass is 470 g/mol. The van der Waals surface area contributed by atoms with Gasteiger partial charge in [0.1, 0.15) is 12.0 Å². The Bertz CT molecular complexity index is 952. The number of carbonyl (C=O) groups excluding carboxylic acids is 3. The number of carbonyl (C=O) groups is 3. The number of nitrogens with zero attached hydrogens (tertiary/aromatic N) is 1. The van der Waals surface area contributed by atoms with Crippen molar-refractivity contribution in [2.75, 3.05) is 6.61 Å². The summed E-state index contributed by atoms with van der Waals surface area (Å²) in [6.07, 6.45) is -0.718. The molecule has 10 nitrogen and oxygen atoms in total. The Kier molecular flexibility index (Phi) is 8.71. The molecule has 1 N–H and O–H groups in total. The third kappa shape index (κ3) is 6.24. The second-order valence-electron chi connectivity index (χ2n) is 8.48. The Morgan fingerprint density at radius 3 is 1.97 bits per heavy atom. The summed E-state index contributed by atoms with van der Waals surface area (Å²) in [5.74, 6) is -2.76. The summed E-state index contributed by atoms with van der Waals surface area (Å²) in [5.41, 5.74) is -1.27. The number of nitrogens with one attached hydrogen (secondary N) is 1. The maximum atomic E-state index is 12.5. The van der Waals surface area contributed by atoms with Crippen molar-refractivity contribution in [1.29, 1.82) is 0 Å². The second-order valence-corrected chi connectivity index (χ2v) is 9.84. The van der Waals surface area contributed by atoms with Crippen molar-refractivity contribution in [3.05, 3.63) is 33.1 Å². The van der Waals surface area contributed by atoms with Crippen molar-refractivity contribution in [1.82, 2.24) is 9.55 Å². The molecule has 0 aliphatic carbocycles. The third-order valence-electron chi connectivity index (χ3n) is 4.72. The van der Waals surface area contributed by atoms with Gasteiger partial charge in [-0.15, -0.1) is 11.8 Å². The van der Waals surface area contributed by atoms with Crippen LogP contribution in [0.1, 0.15) is 46.9 Å². The molecule has 1 aromatic rings. The summed E-state index contributed by atoms with van der Waals surface area (Å²) in [6.45, 7) is 9.91. The Labute approximate surface area is 190 Å². The van der Waals surface area contributed by atoms with E-state index in [1.165, 1.54) is 28.6 Å². The molecule has 1 saturated heterocycles. The average molecular weight is 471 g/mol. The molecule has 0 bridgehead atoms. The lowest BCUT2D eigenvalue weighted by Gasteiger charge is -2.27. The molecule has 32 heavy (non-hydrogen) atoms. The Morgan fingerprint density at radius 2 is 1.47 bits per heavy atom. The zero-order valence-electron chi connectivity index (χ0n) is 19.0. The summed E-state index contributed by atoms with van der Waals surface area (Å²) in [5, 5.41) is -1.41. The maximum Gasteiger partial charge on any atom is 0.329 e. The van der Waals surface area contributed by atoms with Crippen molar-refractivity contribution >= 4 is 29.7 Å². The zero-order chi connectivity index (χ0) is 24.2. The van der Waals surface area contributed by atoms with E-state index in [1.807, 2.05) is 0 Å². The minimum atomic E-state index is -1.04. The van der Waals surface area contributed by atoms with E-state index in [1.54, 1.807) is 41.5 Å². The molecular weight excluding hydrogens is 440 g/mol. The van der Waals surface area contributed by atoms with E-state index in [0.717, 1.165) is 0 Å². The highest BCUT2D eigenvalue weighted by Gasteiger charge is 2.51. The van der Waals surface area contributed by atoms with Crippen molar-refractivity contribution in [3.8, 4) is 0 Å². The Morgan fingerprint density at radius 1 is 0.938 bits per heavy atom. The highest BCUT2D eigenvalue weighted by Crippen LogP contribution is 2.45. The predicted octanol–water partition coefficient (Wildman–Crippen LogP) is 1.49. The summed E-state index contributed by atoms with van der Waals surface area (Å²) < 4.78 is 17.9. The summed E-state index contributed by atoms with van der Waals surface area (Å²) in [7, 11) is 0. The van der Waals surface area contributed by atoms with Crippen LogP contribution in [0.2, 0.25) is 0 Å². The van der Waals surface area contributed by atoms with E-state index >= 15 is 0 Å². The molecule has 0 amide bonds. The fraction of sp³-hybridized carbons (Fsp3) is 0.667. The van der Waals surface area contributed by atoms with E-state index in [2.05, 4.69) is 4.98 Å². The first-order valence-corrected chi connectivity index (χ1v) is 11.4. The van der Waals surface area contributed by atoms with Crippen LogP contribution < -0.4 is 11.2 Å². The second kappa shape index (κ2) is 10.8. The topological polar surface area (TPSA) is 134 Å². The van der Waals surface area contributed by atoms with Gasteiger partial charge in [0.05, 0.1) is 23.0 Å². The van der Waals surface area contributed by atoms with Crippen LogP contribution in [-0.4, -0.2) is 51.5 Å². The van der Waals surface area contributed by atoms with E-state index < -0.39 is 63.8 Å². The minimum absolute atomic E-state index is 0.109. The molecule has 2 heterocycles. The van der Waals surface area contributed by atoms with Crippen LogP contribution >= 0.6 is 11.8 Å². The van der Waals surface area contributed by atoms with Crippen molar-refractivity contribution in [3.63, 3.8) is 0 Å². The minimum Gasteiger partial charge on any atom is -0.464 e. The first-order chi connectivity index (χ1) is 14.9. The number of thioether (sulfide) groups is 1. The molecule has 1 aliphatic heterocycles. The molecule has 2 rings (SSSR count). The highest BCUT2D eigenvalue weighted by molar-refractivity contribution is 8.00. The SMILES string of the molecule is CC(C)C(=O)OCC1SC(n2ccc(=O)[nH]c2=O)C(OC(=O)C(C)C)C1OC(=O)C(C)C. The smallest absolute Gasteiger partial charge is 0.329 e. The van der Waals surface area contributed by atoms with E-state index in [0.29, 0.717) is 0 Å². The summed E-state index contributed by atoms with van der Waals surface area (Å²) >= 11 is 1.17. The number of hydrogen-bond donors (Lipinski definition) is 1. The molecular formula is C21H30N2O8S. The van der Waals surface area contributed by atoms with Gasteiger partial charge in [-0.05, 0) is 0 Å². The highest BCUT2D eigenvalue weighted by atomic mass is 32.2. The van der Waals surface area contributed by atoms with Gasteiger partial charge in [0.25, 0.3) is 5.56 Å². The number of hydrogen-bond acceptors (Lipinski definition) is 9. The van der Waals surface area contributed by atoms with Crippen LogP contribution in [0.5, 0.6) is 0 Å². The molecule has 11 heteroatoms. The lowest BCUT2D eigenvalue weighted by atomic mass is 10.1. The van der Waals surface area contributed by atoms with Crippen LogP contribution in [-0.2, 0) is 28.6 Å². The van der Waals surface area contributed by atoms with Gasteiger partial charge in [0.2, 0.25) is 0 Å². The van der Waals surface area contributed by atoms with Crippen molar-refractivity contribution in [2.24, 2.45) is 17.8 Å². The average Bonchev–Trinajstić information content (AvgIpc) is 3.02. The largest absolute Gasteiger partial charge is 0.464 e. The molecule has 0 saturated carbocycles. The van der Waals surface area contributed by atoms with Gasteiger partial charge in [0, 0.05) is 12.3 Å². The van der Waals surface area contributed by atoms with E-state index in [-0.39, 0.29) is 12.5 Å². The molecule has 0 radical (unpaired) electrons. The lowest BCUT2D eigenvalue weighted by Crippen LogP contribution is -2.44. The number of aromatic nitrogens is 2. The predicted molar refractivity (Wildman–Crippen MR) is 117 cm³/mol. The zero-order valence-corrected chi connectivity index (χ0v) is 19.8. The normalized spacial score (nSPS) is 22.9. The van der Waals surface area contributed by atoms with Gasteiger partial charge in [-0.25, -0.2) is 4.79 Å². The molecule has 4 unspecified atom stereocenters. The third-order valence-corrected chi connectivity index (χ3v) is 6.25. The van der Waals surface area contributed by atoms with Gasteiger partial charge in [-0.3, -0.25) is 28.7 Å². The van der Waals surface area contributed by atoms with Crippen LogP contribution in [0.25, 0.3) is 0 Å². The van der Waals surface area contributed by atoms with Gasteiger partial charge in [0.15, 0.2) is 12.2 Å². The maximum absolute atomic E-state index is 12.5. The van der Waals surface area contributed by atoms with Gasteiger partial charge < -0.3 is 14.2 Å². The molecule has 1 aliphatic rings. The lowest BCUT2D eigenvalue weighted by molar-refractivity contribution is -0.173. The van der Waals surface area contributed by atoms with Crippen LogP contribution in [0, 0.1) is 17.8 Å². The number of aromatic amines is 1. The van der Waals surface area contributed by atoms with Gasteiger partial charge >= 0.3 is 23.6 Å².